The van der Waals surface area contributed by atoms with E-state index < -0.39 is 39.6 Å². The van der Waals surface area contributed by atoms with Crippen molar-refractivity contribution >= 4 is 56.7 Å². The second kappa shape index (κ2) is 19.4. The topological polar surface area (TPSA) is 135 Å². The Kier molecular flexibility index (Phi) is 15.4. The standard InChI is InChI=1S/C39H55ClN4O7S/c1-5-6-7-8-9-10-11-12-13-14-15-16-17-18-19-22-27-43-35(41-30-23-20-21-24-33(30)52(43,48)49)34(44-37(46)39(2,3)51-38(44)47)36(45)42-31-28-29(40)25-26-32(31)50-4/h20-21,23-26,28,34H,5-19,22,27H2,1-4H3,(H,42,45). The zero-order valence-electron chi connectivity index (χ0n) is 31.1. The molecule has 0 spiro atoms. The van der Waals surface area contributed by atoms with E-state index in [1.54, 1.807) is 24.3 Å². The van der Waals surface area contributed by atoms with E-state index in [0.29, 0.717) is 16.3 Å². The number of carbonyl (C=O) groups excluding carboxylic acids is 3. The molecule has 286 valence electrons. The third-order valence-corrected chi connectivity index (χ3v) is 11.7. The summed E-state index contributed by atoms with van der Waals surface area (Å²) < 4.78 is 40.2. The fraction of sp³-hybridized carbons (Fsp3) is 0.590. The number of aliphatic imine (C=N–C) groups is 1. The first-order valence-corrected chi connectivity index (χ1v) is 20.7. The molecule has 13 heteroatoms. The molecule has 2 aromatic rings. The number of cyclic esters (lactones) is 1. The first kappa shape index (κ1) is 41.1. The molecular formula is C39H55ClN4O7S. The minimum Gasteiger partial charge on any atom is -0.495 e. The predicted octanol–water partition coefficient (Wildman–Crippen LogP) is 9.41. The Balaban J connectivity index is 1.45. The van der Waals surface area contributed by atoms with Crippen LogP contribution in [0.4, 0.5) is 16.2 Å². The Bertz CT molecular complexity index is 1680. The first-order chi connectivity index (χ1) is 24.9. The van der Waals surface area contributed by atoms with Crippen LogP contribution in [-0.2, 0) is 24.3 Å². The van der Waals surface area contributed by atoms with E-state index in [9.17, 15) is 22.8 Å². The molecular weight excluding hydrogens is 704 g/mol. The molecule has 52 heavy (non-hydrogen) atoms. The quantitative estimate of drug-likeness (QED) is 0.118. The van der Waals surface area contributed by atoms with Gasteiger partial charge in [-0.2, -0.15) is 0 Å². The summed E-state index contributed by atoms with van der Waals surface area (Å²) in [5, 5.41) is 2.98. The summed E-state index contributed by atoms with van der Waals surface area (Å²) in [4.78, 5) is 46.4. The highest BCUT2D eigenvalue weighted by atomic mass is 35.5. The number of imide groups is 1. The highest BCUT2D eigenvalue weighted by Crippen LogP contribution is 2.37. The predicted molar refractivity (Wildman–Crippen MR) is 205 cm³/mol. The van der Waals surface area contributed by atoms with Crippen molar-refractivity contribution in [2.75, 3.05) is 19.0 Å². The molecule has 1 N–H and O–H groups in total. The molecule has 2 heterocycles. The number of nitrogens with one attached hydrogen (secondary N) is 1. The van der Waals surface area contributed by atoms with E-state index in [2.05, 4.69) is 17.2 Å². The number of sulfonamides is 1. The smallest absolute Gasteiger partial charge is 0.418 e. The molecule has 1 unspecified atom stereocenters. The van der Waals surface area contributed by atoms with Gasteiger partial charge in [0.15, 0.2) is 17.5 Å². The van der Waals surface area contributed by atoms with Gasteiger partial charge in [0.05, 0.1) is 18.5 Å². The maximum Gasteiger partial charge on any atom is 0.418 e. The monoisotopic (exact) mass is 758 g/mol. The highest BCUT2D eigenvalue weighted by Gasteiger charge is 2.55. The number of hydrogen-bond donors (Lipinski definition) is 1. The van der Waals surface area contributed by atoms with Crippen molar-refractivity contribution in [1.29, 1.82) is 0 Å². The molecule has 0 saturated carbocycles. The number of fused-ring (bicyclic) bond motifs is 1. The van der Waals surface area contributed by atoms with Crippen molar-refractivity contribution in [2.45, 2.75) is 140 Å². The number of unbranched alkanes of at least 4 members (excludes halogenated alkanes) is 15. The summed E-state index contributed by atoms with van der Waals surface area (Å²) in [6.07, 6.45) is 17.6. The van der Waals surface area contributed by atoms with Crippen LogP contribution < -0.4 is 10.1 Å². The molecule has 0 bridgehead atoms. The van der Waals surface area contributed by atoms with Gasteiger partial charge in [0.1, 0.15) is 10.6 Å². The lowest BCUT2D eigenvalue weighted by Crippen LogP contribution is -2.59. The molecule has 1 atom stereocenters. The molecule has 3 amide bonds. The Labute approximate surface area is 314 Å². The van der Waals surface area contributed by atoms with E-state index >= 15 is 0 Å². The summed E-state index contributed by atoms with van der Waals surface area (Å²) in [5.74, 6) is -1.72. The van der Waals surface area contributed by atoms with Crippen molar-refractivity contribution < 1.29 is 32.3 Å². The highest BCUT2D eigenvalue weighted by molar-refractivity contribution is 7.90. The van der Waals surface area contributed by atoms with Gasteiger partial charge in [0.25, 0.3) is 21.8 Å². The summed E-state index contributed by atoms with van der Waals surface area (Å²) in [5.41, 5.74) is -1.33. The van der Waals surface area contributed by atoms with Gasteiger partial charge < -0.3 is 14.8 Å². The van der Waals surface area contributed by atoms with Crippen molar-refractivity contribution in [2.24, 2.45) is 4.99 Å². The van der Waals surface area contributed by atoms with E-state index in [-0.39, 0.29) is 34.4 Å². The van der Waals surface area contributed by atoms with Crippen molar-refractivity contribution in [3.8, 4) is 5.75 Å². The third-order valence-electron chi connectivity index (χ3n) is 9.58. The minimum atomic E-state index is -4.23. The van der Waals surface area contributed by atoms with Crippen LogP contribution in [0.15, 0.2) is 52.4 Å². The number of rotatable bonds is 22. The van der Waals surface area contributed by atoms with Crippen LogP contribution in [0.2, 0.25) is 5.02 Å². The van der Waals surface area contributed by atoms with E-state index in [4.69, 9.17) is 21.1 Å². The van der Waals surface area contributed by atoms with E-state index in [1.165, 1.54) is 110 Å². The van der Waals surface area contributed by atoms with Gasteiger partial charge in [-0.05, 0) is 50.6 Å². The van der Waals surface area contributed by atoms with Crippen LogP contribution in [0.5, 0.6) is 5.75 Å². The molecule has 1 saturated heterocycles. The molecule has 1 fully saturated rings. The molecule has 2 aliphatic rings. The fourth-order valence-corrected chi connectivity index (χ4v) is 8.45. The largest absolute Gasteiger partial charge is 0.495 e. The number of amidine groups is 1. The zero-order chi connectivity index (χ0) is 37.7. The summed E-state index contributed by atoms with van der Waals surface area (Å²) in [6.45, 7) is 5.06. The number of anilines is 1. The fourth-order valence-electron chi connectivity index (χ4n) is 6.66. The van der Waals surface area contributed by atoms with Gasteiger partial charge in [-0.1, -0.05) is 127 Å². The lowest BCUT2D eigenvalue weighted by molar-refractivity contribution is -0.137. The first-order valence-electron chi connectivity index (χ1n) is 18.8. The van der Waals surface area contributed by atoms with Gasteiger partial charge in [0.2, 0.25) is 0 Å². The van der Waals surface area contributed by atoms with Crippen LogP contribution >= 0.6 is 11.6 Å². The van der Waals surface area contributed by atoms with Crippen LogP contribution in [-0.4, -0.2) is 66.7 Å². The van der Waals surface area contributed by atoms with Crippen LogP contribution in [0.1, 0.15) is 124 Å². The number of halogens is 1. The van der Waals surface area contributed by atoms with Gasteiger partial charge in [-0.15, -0.1) is 0 Å². The number of benzene rings is 2. The zero-order valence-corrected chi connectivity index (χ0v) is 32.7. The second-order valence-electron chi connectivity index (χ2n) is 14.1. The van der Waals surface area contributed by atoms with Crippen LogP contribution in [0.25, 0.3) is 0 Å². The molecule has 0 aromatic heterocycles. The molecule has 11 nitrogen and oxygen atoms in total. The summed E-state index contributed by atoms with van der Waals surface area (Å²) >= 11 is 6.21. The molecule has 2 aliphatic heterocycles. The van der Waals surface area contributed by atoms with Gasteiger partial charge in [0, 0.05) is 11.6 Å². The van der Waals surface area contributed by atoms with Crippen molar-refractivity contribution in [3.63, 3.8) is 0 Å². The number of methoxy groups -OCH3 is 1. The van der Waals surface area contributed by atoms with Crippen molar-refractivity contribution in [3.05, 3.63) is 47.5 Å². The number of carbonyl (C=O) groups is 3. The minimum absolute atomic E-state index is 0.00131. The number of amides is 3. The van der Waals surface area contributed by atoms with Crippen LogP contribution in [0, 0.1) is 0 Å². The summed E-state index contributed by atoms with van der Waals surface area (Å²) in [6, 6.07) is 8.98. The number of hydrogen-bond acceptors (Lipinski definition) is 8. The Morgan fingerprint density at radius 2 is 1.44 bits per heavy atom. The van der Waals surface area contributed by atoms with E-state index in [0.717, 1.165) is 30.0 Å². The maximum atomic E-state index is 14.3. The Morgan fingerprint density at radius 1 is 0.885 bits per heavy atom. The van der Waals surface area contributed by atoms with Gasteiger partial charge in [-0.3, -0.25) is 13.9 Å². The normalized spacial score (nSPS) is 16.7. The second-order valence-corrected chi connectivity index (χ2v) is 16.4. The molecule has 0 radical (unpaired) electrons. The lowest BCUT2D eigenvalue weighted by atomic mass is 10.0. The van der Waals surface area contributed by atoms with Gasteiger partial charge in [-0.25, -0.2) is 23.1 Å². The molecule has 4 rings (SSSR count). The Hall–Kier alpha value is -3.64. The Morgan fingerprint density at radius 3 is 1.98 bits per heavy atom. The number of para-hydroxylation sites is 1. The third kappa shape index (κ3) is 10.5. The lowest BCUT2D eigenvalue weighted by Gasteiger charge is -2.35. The number of nitrogens with zero attached hydrogens (tertiary/aromatic N) is 3. The van der Waals surface area contributed by atoms with Gasteiger partial charge >= 0.3 is 6.09 Å². The average Bonchev–Trinajstić information content (AvgIpc) is 3.30. The number of ether oxygens (including phenoxy) is 2. The average molecular weight is 759 g/mol. The molecule has 0 aliphatic carbocycles. The van der Waals surface area contributed by atoms with E-state index in [1.807, 2.05) is 0 Å². The summed E-state index contributed by atoms with van der Waals surface area (Å²) in [7, 11) is -2.82. The van der Waals surface area contributed by atoms with Crippen molar-refractivity contribution in [1.82, 2.24) is 9.21 Å². The SMILES string of the molecule is CCCCCCCCCCCCCCCCCCN1C(C(C(=O)Nc2cc(Cl)ccc2OC)N2C(=O)OC(C)(C)C2=O)=Nc2ccccc2S1(=O)=O. The molecule has 2 aromatic carbocycles. The van der Waals surface area contributed by atoms with Crippen LogP contribution in [0.3, 0.4) is 0 Å². The maximum absolute atomic E-state index is 14.3.